The first kappa shape index (κ1) is 17.6. The van der Waals surface area contributed by atoms with E-state index in [9.17, 15) is 18.0 Å². The summed E-state index contributed by atoms with van der Waals surface area (Å²) in [5.74, 6) is -0.759. The van der Waals surface area contributed by atoms with Crippen LogP contribution in [0.1, 0.15) is 24.8 Å². The number of carboxylic acid groups (broad SMARTS) is 1. The van der Waals surface area contributed by atoms with Gasteiger partial charge in [-0.25, -0.2) is 0 Å². The number of piperidine rings is 1. The van der Waals surface area contributed by atoms with Crippen molar-refractivity contribution in [3.05, 3.63) is 29.8 Å². The fraction of sp³-hybridized carbons (Fsp3) is 0.562. The van der Waals surface area contributed by atoms with Gasteiger partial charge in [-0.15, -0.1) is 0 Å². The van der Waals surface area contributed by atoms with Gasteiger partial charge in [0.05, 0.1) is 18.6 Å². The molecule has 0 radical (unpaired) electrons. The number of halogens is 3. The van der Waals surface area contributed by atoms with Crippen molar-refractivity contribution in [2.24, 2.45) is 5.92 Å². The summed E-state index contributed by atoms with van der Waals surface area (Å²) in [6.45, 7) is 2.27. The van der Waals surface area contributed by atoms with E-state index in [4.69, 9.17) is 9.84 Å². The van der Waals surface area contributed by atoms with E-state index in [-0.39, 0.29) is 24.7 Å². The quantitative estimate of drug-likeness (QED) is 0.869. The third kappa shape index (κ3) is 5.42. The Morgan fingerprint density at radius 3 is 2.52 bits per heavy atom. The number of likely N-dealkylation sites (tertiary alicyclic amines) is 1. The predicted molar refractivity (Wildman–Crippen MR) is 78.4 cm³/mol. The molecular weight excluding hydrogens is 311 g/mol. The maximum Gasteiger partial charge on any atom is 0.419 e. The highest BCUT2D eigenvalue weighted by Gasteiger charge is 2.34. The molecule has 1 fully saturated rings. The minimum absolute atomic E-state index is 0.111. The minimum Gasteiger partial charge on any atom is -0.493 e. The van der Waals surface area contributed by atoms with Crippen molar-refractivity contribution in [2.45, 2.75) is 25.4 Å². The van der Waals surface area contributed by atoms with Crippen LogP contribution >= 0.6 is 0 Å². The molecule has 0 unspecified atom stereocenters. The molecule has 0 bridgehead atoms. The lowest BCUT2D eigenvalue weighted by Gasteiger charge is -2.31. The zero-order valence-electron chi connectivity index (χ0n) is 12.7. The number of nitrogens with zero attached hydrogens (tertiary/aromatic N) is 1. The van der Waals surface area contributed by atoms with Crippen LogP contribution in [0.5, 0.6) is 5.75 Å². The Morgan fingerprint density at radius 2 is 1.91 bits per heavy atom. The van der Waals surface area contributed by atoms with Gasteiger partial charge in [0.2, 0.25) is 0 Å². The molecule has 2 rings (SSSR count). The van der Waals surface area contributed by atoms with Gasteiger partial charge in [0, 0.05) is 6.54 Å². The van der Waals surface area contributed by atoms with Crippen LogP contribution < -0.4 is 4.74 Å². The summed E-state index contributed by atoms with van der Waals surface area (Å²) in [5, 5.41) is 8.66. The molecule has 0 aromatic heterocycles. The number of aliphatic carboxylic acids is 1. The Hall–Kier alpha value is -1.76. The van der Waals surface area contributed by atoms with Crippen molar-refractivity contribution in [3.8, 4) is 5.75 Å². The van der Waals surface area contributed by atoms with E-state index in [1.165, 1.54) is 18.2 Å². The highest BCUT2D eigenvalue weighted by Crippen LogP contribution is 2.36. The molecule has 0 saturated carbocycles. The number of carbonyl (C=O) groups is 1. The number of para-hydroxylation sites is 1. The zero-order chi connectivity index (χ0) is 16.9. The molecular formula is C16H20F3NO3. The number of ether oxygens (including phenoxy) is 1. The van der Waals surface area contributed by atoms with Crippen molar-refractivity contribution in [1.82, 2.24) is 4.90 Å². The highest BCUT2D eigenvalue weighted by atomic mass is 19.4. The second-order valence-corrected chi connectivity index (χ2v) is 5.73. The average molecular weight is 331 g/mol. The second kappa shape index (κ2) is 7.68. The summed E-state index contributed by atoms with van der Waals surface area (Å²) in [7, 11) is 0. The van der Waals surface area contributed by atoms with Gasteiger partial charge in [0.15, 0.2) is 0 Å². The molecule has 1 heterocycles. The molecule has 0 atom stereocenters. The van der Waals surface area contributed by atoms with Crippen molar-refractivity contribution in [3.63, 3.8) is 0 Å². The summed E-state index contributed by atoms with van der Waals surface area (Å²) >= 11 is 0. The van der Waals surface area contributed by atoms with E-state index in [1.807, 2.05) is 0 Å². The molecule has 128 valence electrons. The Labute approximate surface area is 132 Å². The fourth-order valence-electron chi connectivity index (χ4n) is 2.66. The van der Waals surface area contributed by atoms with Crippen LogP contribution in [0.4, 0.5) is 13.2 Å². The number of alkyl halides is 3. The van der Waals surface area contributed by atoms with E-state index in [0.717, 1.165) is 32.0 Å². The zero-order valence-corrected chi connectivity index (χ0v) is 12.7. The topological polar surface area (TPSA) is 49.8 Å². The maximum absolute atomic E-state index is 12.9. The SMILES string of the molecule is O=C(O)CCN1CCC(COc2ccccc2C(F)(F)F)CC1. The van der Waals surface area contributed by atoms with Gasteiger partial charge in [-0.2, -0.15) is 13.2 Å². The third-order valence-corrected chi connectivity index (χ3v) is 4.02. The van der Waals surface area contributed by atoms with E-state index in [0.29, 0.717) is 6.54 Å². The molecule has 1 N–H and O–H groups in total. The molecule has 23 heavy (non-hydrogen) atoms. The normalized spacial score (nSPS) is 17.2. The molecule has 0 spiro atoms. The van der Waals surface area contributed by atoms with Crippen LogP contribution in [0.15, 0.2) is 24.3 Å². The molecule has 1 aromatic rings. The Bertz CT molecular complexity index is 526. The molecule has 4 nitrogen and oxygen atoms in total. The first-order valence-corrected chi connectivity index (χ1v) is 7.59. The smallest absolute Gasteiger partial charge is 0.419 e. The van der Waals surface area contributed by atoms with Gasteiger partial charge in [0.25, 0.3) is 0 Å². The van der Waals surface area contributed by atoms with Crippen LogP contribution in [0.3, 0.4) is 0 Å². The van der Waals surface area contributed by atoms with Gasteiger partial charge in [-0.1, -0.05) is 12.1 Å². The van der Waals surface area contributed by atoms with Crippen LogP contribution in [0.25, 0.3) is 0 Å². The Kier molecular flexibility index (Phi) is 5.87. The summed E-state index contributed by atoms with van der Waals surface area (Å²) < 4.78 is 44.0. The maximum atomic E-state index is 12.9. The lowest BCUT2D eigenvalue weighted by atomic mass is 9.97. The molecule has 1 aliphatic heterocycles. The monoisotopic (exact) mass is 331 g/mol. The average Bonchev–Trinajstić information content (AvgIpc) is 2.51. The van der Waals surface area contributed by atoms with Crippen molar-refractivity contribution in [1.29, 1.82) is 0 Å². The van der Waals surface area contributed by atoms with Crippen LogP contribution in [0.2, 0.25) is 0 Å². The van der Waals surface area contributed by atoms with Gasteiger partial charge in [-0.05, 0) is 44.0 Å². The molecule has 7 heteroatoms. The Balaban J connectivity index is 1.81. The molecule has 1 aliphatic rings. The predicted octanol–water partition coefficient (Wildman–Crippen LogP) is 3.27. The van der Waals surface area contributed by atoms with Crippen molar-refractivity contribution in [2.75, 3.05) is 26.2 Å². The molecule has 0 amide bonds. The number of benzene rings is 1. The fourth-order valence-corrected chi connectivity index (χ4v) is 2.66. The summed E-state index contributed by atoms with van der Waals surface area (Å²) in [6, 6.07) is 5.23. The summed E-state index contributed by atoms with van der Waals surface area (Å²) in [4.78, 5) is 12.6. The summed E-state index contributed by atoms with van der Waals surface area (Å²) in [5.41, 5.74) is -0.751. The second-order valence-electron chi connectivity index (χ2n) is 5.73. The molecule has 0 aliphatic carbocycles. The number of hydrogen-bond donors (Lipinski definition) is 1. The molecule has 1 saturated heterocycles. The van der Waals surface area contributed by atoms with Crippen molar-refractivity contribution < 1.29 is 27.8 Å². The van der Waals surface area contributed by atoms with Crippen LogP contribution in [0, 0.1) is 5.92 Å². The van der Waals surface area contributed by atoms with E-state index >= 15 is 0 Å². The van der Waals surface area contributed by atoms with Gasteiger partial charge in [0.1, 0.15) is 5.75 Å². The van der Waals surface area contributed by atoms with E-state index in [1.54, 1.807) is 0 Å². The largest absolute Gasteiger partial charge is 0.493 e. The minimum atomic E-state index is -4.42. The lowest BCUT2D eigenvalue weighted by molar-refractivity contribution is -0.139. The highest BCUT2D eigenvalue weighted by molar-refractivity contribution is 5.66. The first-order valence-electron chi connectivity index (χ1n) is 7.59. The number of carboxylic acids is 1. The standard InChI is InChI=1S/C16H20F3NO3/c17-16(18,19)13-3-1-2-4-14(13)23-11-12-5-8-20(9-6-12)10-7-15(21)22/h1-4,12H,5-11H2,(H,21,22). The number of rotatable bonds is 6. The van der Waals surface area contributed by atoms with Crippen LogP contribution in [-0.2, 0) is 11.0 Å². The van der Waals surface area contributed by atoms with Crippen molar-refractivity contribution >= 4 is 5.97 Å². The molecule has 1 aromatic carbocycles. The van der Waals surface area contributed by atoms with E-state index < -0.39 is 17.7 Å². The third-order valence-electron chi connectivity index (χ3n) is 4.02. The Morgan fingerprint density at radius 1 is 1.26 bits per heavy atom. The van der Waals surface area contributed by atoms with Crippen LogP contribution in [-0.4, -0.2) is 42.2 Å². The van der Waals surface area contributed by atoms with Gasteiger partial charge < -0.3 is 14.7 Å². The first-order chi connectivity index (χ1) is 10.9. The van der Waals surface area contributed by atoms with Gasteiger partial charge in [-0.3, -0.25) is 4.79 Å². The lowest BCUT2D eigenvalue weighted by Crippen LogP contribution is -2.36. The van der Waals surface area contributed by atoms with E-state index in [2.05, 4.69) is 4.90 Å². The van der Waals surface area contributed by atoms with Gasteiger partial charge >= 0.3 is 12.1 Å². The summed E-state index contributed by atoms with van der Waals surface area (Å²) in [6.07, 6.45) is -2.71. The number of hydrogen-bond acceptors (Lipinski definition) is 3.